The van der Waals surface area contributed by atoms with E-state index >= 15 is 0 Å². The number of nitrogens with zero attached hydrogens (tertiary/aromatic N) is 4. The minimum absolute atomic E-state index is 0.137. The summed E-state index contributed by atoms with van der Waals surface area (Å²) in [6.07, 6.45) is 5.09. The van der Waals surface area contributed by atoms with Crippen LogP contribution in [0, 0.1) is 12.7 Å². The molecule has 2 aliphatic rings. The first kappa shape index (κ1) is 41.3. The van der Waals surface area contributed by atoms with Gasteiger partial charge in [0, 0.05) is 55.6 Å². The molecule has 59 heavy (non-hydrogen) atoms. The van der Waals surface area contributed by atoms with E-state index in [0.717, 1.165) is 71.0 Å². The SMILES string of the molecule is Cc1ccc(-c2cc(-c3ccc(OCc4ccccc4)cc3)cc(-c3ccccn3)n2)cc1.O=C(O)c1cn(C2CC2)c2cc(N3CCNCC3)c(F)cc2c1=O.[Cl][Cu]. The van der Waals surface area contributed by atoms with E-state index in [0.29, 0.717) is 30.9 Å². The number of nitrogens with one attached hydrogen (secondary N) is 1. The Morgan fingerprint density at radius 1 is 0.847 bits per heavy atom. The molecule has 7 aromatic rings. The first-order chi connectivity index (χ1) is 28.8. The van der Waals surface area contributed by atoms with Gasteiger partial charge in [0.2, 0.25) is 5.43 Å². The number of benzene rings is 4. The van der Waals surface area contributed by atoms with Crippen molar-refractivity contribution in [3.8, 4) is 39.5 Å². The van der Waals surface area contributed by atoms with Crippen LogP contribution < -0.4 is 20.4 Å². The summed E-state index contributed by atoms with van der Waals surface area (Å²) in [6, 6.07) is 40.1. The van der Waals surface area contributed by atoms with Gasteiger partial charge in [0.15, 0.2) is 0 Å². The fraction of sp³-hybridized carbons (Fsp3) is 0.191. The second-order valence-corrected chi connectivity index (χ2v) is 14.4. The van der Waals surface area contributed by atoms with Crippen LogP contribution in [0.5, 0.6) is 5.75 Å². The van der Waals surface area contributed by atoms with Crippen molar-refractivity contribution in [2.24, 2.45) is 0 Å². The third-order valence-electron chi connectivity index (χ3n) is 10.3. The van der Waals surface area contributed by atoms with Crippen LogP contribution in [-0.4, -0.2) is 51.8 Å². The normalized spacial score (nSPS) is 13.5. The number of carboxylic acid groups (broad SMARTS) is 1. The van der Waals surface area contributed by atoms with E-state index in [1.165, 1.54) is 17.8 Å². The van der Waals surface area contributed by atoms with Crippen LogP contribution in [0.2, 0.25) is 0 Å². The molecule has 4 heterocycles. The van der Waals surface area contributed by atoms with Gasteiger partial charge in [-0.15, -0.1) is 0 Å². The number of hydrogen-bond acceptors (Lipinski definition) is 7. The summed E-state index contributed by atoms with van der Waals surface area (Å²) >= 11 is 3.66. The summed E-state index contributed by atoms with van der Waals surface area (Å²) in [7, 11) is 4.20. The summed E-state index contributed by atoms with van der Waals surface area (Å²) in [6.45, 7) is 5.60. The van der Waals surface area contributed by atoms with E-state index in [1.54, 1.807) is 12.3 Å². The fourth-order valence-electron chi connectivity index (χ4n) is 7.01. The summed E-state index contributed by atoms with van der Waals surface area (Å²) in [5, 5.41) is 12.6. The number of carboxylic acids is 1. The molecule has 1 aliphatic carbocycles. The number of pyridine rings is 3. The van der Waals surface area contributed by atoms with Gasteiger partial charge >= 0.3 is 31.2 Å². The molecule has 0 atom stereocenters. The average Bonchev–Trinajstić information content (AvgIpc) is 4.14. The Balaban J connectivity index is 0.000000180. The number of carbonyl (C=O) groups is 1. The van der Waals surface area contributed by atoms with Crippen molar-refractivity contribution in [3.05, 3.63) is 166 Å². The topological polar surface area (TPSA) is 110 Å². The zero-order valence-corrected chi connectivity index (χ0v) is 33.9. The molecule has 3 aromatic heterocycles. The fourth-order valence-corrected chi connectivity index (χ4v) is 7.01. The summed E-state index contributed by atoms with van der Waals surface area (Å²) in [5.41, 5.74) is 8.46. The number of ether oxygens (including phenoxy) is 1. The standard InChI is InChI=1S/C30H24N2O.C17H18FN3O3.ClH.Cu/c1-22-10-12-25(13-11-22)29-19-26(20-30(32-29)28-9-5-6-18-31-28)24-14-16-27(17-15-24)33-21-23-7-3-2-4-8-23;18-13-7-11-14(8-15(13)20-5-3-19-4-6-20)21(10-1-2-10)9-12(16(11)22)17(23)24;;/h2-20H,21H2,1H3;7-10,19H,1-6H2,(H,23,24);1H;/q;;;+1/p-1. The van der Waals surface area contributed by atoms with Crippen LogP contribution in [-0.2, 0) is 21.7 Å². The first-order valence-electron chi connectivity index (χ1n) is 19.3. The predicted octanol–water partition coefficient (Wildman–Crippen LogP) is 9.64. The molecular weight excluding hydrogens is 817 g/mol. The molecule has 9 rings (SSSR count). The molecule has 2 fully saturated rings. The van der Waals surface area contributed by atoms with Crippen LogP contribution >= 0.6 is 10.1 Å². The number of halogens is 2. The Hall–Kier alpha value is -5.84. The van der Waals surface area contributed by atoms with Gasteiger partial charge in [0.25, 0.3) is 0 Å². The van der Waals surface area contributed by atoms with Gasteiger partial charge in [-0.3, -0.25) is 9.78 Å². The van der Waals surface area contributed by atoms with E-state index in [2.05, 4.69) is 103 Å². The molecule has 9 nitrogen and oxygen atoms in total. The second-order valence-electron chi connectivity index (χ2n) is 14.4. The molecule has 4 aromatic carbocycles. The van der Waals surface area contributed by atoms with E-state index in [1.807, 2.05) is 58.0 Å². The molecule has 1 saturated carbocycles. The van der Waals surface area contributed by atoms with Crippen molar-refractivity contribution in [3.63, 3.8) is 0 Å². The molecule has 0 spiro atoms. The Morgan fingerprint density at radius 3 is 2.19 bits per heavy atom. The number of piperazine rings is 1. The number of rotatable bonds is 9. The Labute approximate surface area is 354 Å². The molecule has 2 N–H and O–H groups in total. The third-order valence-corrected chi connectivity index (χ3v) is 10.3. The van der Waals surface area contributed by atoms with E-state index in [-0.39, 0.29) is 17.0 Å². The average molecular weight is 859 g/mol. The van der Waals surface area contributed by atoms with Gasteiger partial charge < -0.3 is 24.6 Å². The Morgan fingerprint density at radius 2 is 1.53 bits per heavy atom. The van der Waals surface area contributed by atoms with Crippen molar-refractivity contribution in [1.82, 2.24) is 19.9 Å². The van der Waals surface area contributed by atoms with Crippen molar-refractivity contribution in [2.75, 3.05) is 31.1 Å². The van der Waals surface area contributed by atoms with Crippen LogP contribution in [0.1, 0.15) is 40.4 Å². The van der Waals surface area contributed by atoms with Crippen molar-refractivity contribution in [1.29, 1.82) is 0 Å². The van der Waals surface area contributed by atoms with Crippen LogP contribution in [0.4, 0.5) is 10.1 Å². The molecule has 304 valence electrons. The molecule has 1 saturated heterocycles. The number of fused-ring (bicyclic) bond motifs is 1. The molecule has 0 unspecified atom stereocenters. The van der Waals surface area contributed by atoms with Crippen molar-refractivity contribution in [2.45, 2.75) is 32.4 Å². The maximum atomic E-state index is 14.6. The number of anilines is 1. The van der Waals surface area contributed by atoms with Crippen LogP contribution in [0.3, 0.4) is 0 Å². The number of aromatic carboxylic acids is 1. The van der Waals surface area contributed by atoms with Gasteiger partial charge in [0.05, 0.1) is 28.3 Å². The minimum atomic E-state index is -1.28. The number of hydrogen-bond donors (Lipinski definition) is 2. The third kappa shape index (κ3) is 10.1. The molecule has 12 heteroatoms. The van der Waals surface area contributed by atoms with E-state index < -0.39 is 17.2 Å². The zero-order valence-electron chi connectivity index (χ0n) is 32.2. The maximum absolute atomic E-state index is 14.6. The monoisotopic (exact) mass is 857 g/mol. The molecule has 0 radical (unpaired) electrons. The van der Waals surface area contributed by atoms with Gasteiger partial charge in [-0.05, 0) is 85.0 Å². The van der Waals surface area contributed by atoms with Gasteiger partial charge in [-0.25, -0.2) is 14.2 Å². The molecule has 0 amide bonds. The Kier molecular flexibility index (Phi) is 13.5. The van der Waals surface area contributed by atoms with E-state index in [4.69, 9.17) is 9.72 Å². The van der Waals surface area contributed by atoms with Gasteiger partial charge in [0.1, 0.15) is 23.7 Å². The molecular formula is C47H42ClCuFN5O4. The molecule has 1 aliphatic heterocycles. The van der Waals surface area contributed by atoms with Crippen molar-refractivity contribution >= 4 is 32.7 Å². The summed E-state index contributed by atoms with van der Waals surface area (Å²) in [4.78, 5) is 35.2. The summed E-state index contributed by atoms with van der Waals surface area (Å²) in [5.74, 6) is -0.908. The van der Waals surface area contributed by atoms with Crippen LogP contribution in [0.15, 0.2) is 139 Å². The quantitative estimate of drug-likeness (QED) is 0.138. The predicted molar refractivity (Wildman–Crippen MR) is 228 cm³/mol. The van der Waals surface area contributed by atoms with Gasteiger partial charge in [-0.1, -0.05) is 78.4 Å². The number of aromatic nitrogens is 3. The molecule has 0 bridgehead atoms. The zero-order chi connectivity index (χ0) is 41.3. The van der Waals surface area contributed by atoms with Crippen molar-refractivity contribution < 1.29 is 34.1 Å². The summed E-state index contributed by atoms with van der Waals surface area (Å²) < 4.78 is 22.4. The van der Waals surface area contributed by atoms with E-state index in [9.17, 15) is 19.1 Å². The second kappa shape index (κ2) is 19.3. The number of aryl methyl sites for hydroxylation is 1. The van der Waals surface area contributed by atoms with Gasteiger partial charge in [-0.2, -0.15) is 0 Å². The first-order valence-corrected chi connectivity index (χ1v) is 20.6. The Bertz CT molecular complexity index is 2580. The van der Waals surface area contributed by atoms with Crippen LogP contribution in [0.25, 0.3) is 44.7 Å².